The first-order valence-electron chi connectivity index (χ1n) is 5.85. The molecule has 1 aliphatic rings. The third-order valence-corrected chi connectivity index (χ3v) is 4.84. The summed E-state index contributed by atoms with van der Waals surface area (Å²) >= 11 is 8.33. The van der Waals surface area contributed by atoms with E-state index < -0.39 is 5.97 Å². The van der Waals surface area contributed by atoms with E-state index in [9.17, 15) is 14.7 Å². The van der Waals surface area contributed by atoms with Gasteiger partial charge in [-0.2, -0.15) is 11.8 Å². The molecule has 0 saturated carbocycles. The summed E-state index contributed by atoms with van der Waals surface area (Å²) in [6, 6.07) is 2.90. The van der Waals surface area contributed by atoms with Gasteiger partial charge in [0, 0.05) is 33.5 Å². The van der Waals surface area contributed by atoms with E-state index in [0.29, 0.717) is 22.0 Å². The van der Waals surface area contributed by atoms with E-state index in [1.807, 2.05) is 0 Å². The van der Waals surface area contributed by atoms with Crippen LogP contribution in [0.3, 0.4) is 0 Å². The van der Waals surface area contributed by atoms with Crippen LogP contribution < -0.4 is 5.32 Å². The largest absolute Gasteiger partial charge is 0.478 e. The Balaban J connectivity index is 2.23. The quantitative estimate of drug-likeness (QED) is 0.763. The second-order valence-corrected chi connectivity index (χ2v) is 7.14. The summed E-state index contributed by atoms with van der Waals surface area (Å²) in [7, 11) is 0. The Morgan fingerprint density at radius 2 is 1.90 bits per heavy atom. The van der Waals surface area contributed by atoms with E-state index in [2.05, 4.69) is 37.2 Å². The Bertz CT molecular complexity index is 548. The predicted molar refractivity (Wildman–Crippen MR) is 86.7 cm³/mol. The fourth-order valence-electron chi connectivity index (χ4n) is 1.82. The first-order chi connectivity index (χ1) is 9.49. The summed E-state index contributed by atoms with van der Waals surface area (Å²) < 4.78 is 1.16. The standard InChI is InChI=1S/C12H12Br2N2O3S/c13-7-5-8(11(17)18)10(9(14)6-7)15-12(19)16-1-3-20-4-2-16/h5-6H,1-4H2,(H,15,19)(H,17,18). The number of nitrogens with one attached hydrogen (secondary N) is 1. The monoisotopic (exact) mass is 422 g/mol. The van der Waals surface area contributed by atoms with E-state index in [1.165, 1.54) is 6.07 Å². The Morgan fingerprint density at radius 1 is 1.25 bits per heavy atom. The number of anilines is 1. The number of carbonyl (C=O) groups is 2. The van der Waals surface area contributed by atoms with Crippen molar-refractivity contribution in [3.05, 3.63) is 26.6 Å². The van der Waals surface area contributed by atoms with E-state index >= 15 is 0 Å². The molecule has 0 spiro atoms. The summed E-state index contributed by atoms with van der Waals surface area (Å²) in [5.74, 6) is 0.720. The van der Waals surface area contributed by atoms with Gasteiger partial charge in [-0.25, -0.2) is 9.59 Å². The van der Waals surface area contributed by atoms with Crippen LogP contribution in [0.25, 0.3) is 0 Å². The van der Waals surface area contributed by atoms with Crippen molar-refractivity contribution >= 4 is 61.3 Å². The molecule has 5 nitrogen and oxygen atoms in total. The minimum absolute atomic E-state index is 0.0472. The lowest BCUT2D eigenvalue weighted by Crippen LogP contribution is -2.41. The molecule has 1 saturated heterocycles. The number of carbonyl (C=O) groups excluding carboxylic acids is 1. The van der Waals surface area contributed by atoms with Crippen LogP contribution in [0.15, 0.2) is 21.1 Å². The highest BCUT2D eigenvalue weighted by Crippen LogP contribution is 2.31. The SMILES string of the molecule is O=C(O)c1cc(Br)cc(Br)c1NC(=O)N1CCSCC1. The van der Waals surface area contributed by atoms with Crippen LogP contribution in [0, 0.1) is 0 Å². The first kappa shape index (κ1) is 15.7. The van der Waals surface area contributed by atoms with Gasteiger partial charge in [-0.15, -0.1) is 0 Å². The number of hydrogen-bond donors (Lipinski definition) is 2. The van der Waals surface area contributed by atoms with Gasteiger partial charge >= 0.3 is 12.0 Å². The van der Waals surface area contributed by atoms with Gasteiger partial charge in [0.2, 0.25) is 0 Å². The average molecular weight is 424 g/mol. The molecule has 2 rings (SSSR count). The van der Waals surface area contributed by atoms with Crippen LogP contribution in [-0.2, 0) is 0 Å². The molecular weight excluding hydrogens is 412 g/mol. The number of aromatic carboxylic acids is 1. The van der Waals surface area contributed by atoms with Crippen LogP contribution in [-0.4, -0.2) is 46.6 Å². The van der Waals surface area contributed by atoms with Crippen molar-refractivity contribution < 1.29 is 14.7 Å². The Kier molecular flexibility index (Phi) is 5.34. The lowest BCUT2D eigenvalue weighted by Gasteiger charge is -2.27. The molecule has 2 amide bonds. The summed E-state index contributed by atoms with van der Waals surface area (Å²) in [5.41, 5.74) is 0.329. The molecule has 1 aliphatic heterocycles. The Hall–Kier alpha value is -0.730. The molecule has 1 fully saturated rings. The number of amides is 2. The van der Waals surface area contributed by atoms with Gasteiger partial charge in [-0.3, -0.25) is 0 Å². The third kappa shape index (κ3) is 3.67. The molecule has 1 aromatic rings. The molecular formula is C12H12Br2N2O3S. The molecule has 0 unspecified atom stereocenters. The number of urea groups is 1. The van der Waals surface area contributed by atoms with Gasteiger partial charge in [0.1, 0.15) is 0 Å². The Labute approximate surface area is 137 Å². The number of rotatable bonds is 2. The number of hydrogen-bond acceptors (Lipinski definition) is 3. The van der Waals surface area contributed by atoms with Crippen LogP contribution >= 0.6 is 43.6 Å². The van der Waals surface area contributed by atoms with E-state index in [0.717, 1.165) is 11.5 Å². The minimum Gasteiger partial charge on any atom is -0.478 e. The zero-order valence-corrected chi connectivity index (χ0v) is 14.3. The highest BCUT2D eigenvalue weighted by atomic mass is 79.9. The normalized spacial score (nSPS) is 15.0. The predicted octanol–water partition coefficient (Wildman–Crippen LogP) is 3.49. The van der Waals surface area contributed by atoms with Crippen LogP contribution in [0.5, 0.6) is 0 Å². The van der Waals surface area contributed by atoms with Gasteiger partial charge in [-0.1, -0.05) is 15.9 Å². The van der Waals surface area contributed by atoms with Gasteiger partial charge in [0.05, 0.1) is 11.3 Å². The van der Waals surface area contributed by atoms with Crippen molar-refractivity contribution in [2.45, 2.75) is 0 Å². The molecule has 108 valence electrons. The lowest BCUT2D eigenvalue weighted by molar-refractivity contribution is 0.0698. The molecule has 0 atom stereocenters. The van der Waals surface area contributed by atoms with E-state index in [1.54, 1.807) is 22.7 Å². The van der Waals surface area contributed by atoms with Gasteiger partial charge in [-0.05, 0) is 28.1 Å². The summed E-state index contributed by atoms with van der Waals surface area (Å²) in [6.07, 6.45) is 0. The number of thioether (sulfide) groups is 1. The number of halogens is 2. The van der Waals surface area contributed by atoms with Gasteiger partial charge < -0.3 is 15.3 Å². The minimum atomic E-state index is -1.09. The van der Waals surface area contributed by atoms with Crippen molar-refractivity contribution in [1.82, 2.24) is 4.90 Å². The zero-order chi connectivity index (χ0) is 14.7. The smallest absolute Gasteiger partial charge is 0.337 e. The molecule has 8 heteroatoms. The molecule has 2 N–H and O–H groups in total. The third-order valence-electron chi connectivity index (χ3n) is 2.82. The molecule has 0 radical (unpaired) electrons. The number of benzene rings is 1. The maximum Gasteiger partial charge on any atom is 0.337 e. The van der Waals surface area contributed by atoms with Crippen molar-refractivity contribution in [3.8, 4) is 0 Å². The van der Waals surface area contributed by atoms with Crippen LogP contribution in [0.2, 0.25) is 0 Å². The molecule has 1 aromatic carbocycles. The van der Waals surface area contributed by atoms with Crippen molar-refractivity contribution in [1.29, 1.82) is 0 Å². The van der Waals surface area contributed by atoms with Gasteiger partial charge in [0.25, 0.3) is 0 Å². The fourth-order valence-corrected chi connectivity index (χ4v) is 4.05. The van der Waals surface area contributed by atoms with Crippen molar-refractivity contribution in [2.75, 3.05) is 29.9 Å². The average Bonchev–Trinajstić information content (AvgIpc) is 2.42. The molecule has 0 aromatic heterocycles. The second-order valence-electron chi connectivity index (χ2n) is 4.14. The van der Waals surface area contributed by atoms with Crippen LogP contribution in [0.1, 0.15) is 10.4 Å². The van der Waals surface area contributed by atoms with Gasteiger partial charge in [0.15, 0.2) is 0 Å². The first-order valence-corrected chi connectivity index (χ1v) is 8.59. The van der Waals surface area contributed by atoms with E-state index in [4.69, 9.17) is 0 Å². The molecule has 0 bridgehead atoms. The summed E-state index contributed by atoms with van der Waals surface area (Å²) in [6.45, 7) is 1.35. The summed E-state index contributed by atoms with van der Waals surface area (Å²) in [5, 5.41) is 11.9. The molecule has 20 heavy (non-hydrogen) atoms. The van der Waals surface area contributed by atoms with Crippen LogP contribution in [0.4, 0.5) is 10.5 Å². The Morgan fingerprint density at radius 3 is 2.50 bits per heavy atom. The maximum atomic E-state index is 12.2. The number of nitrogens with zero attached hydrogens (tertiary/aromatic N) is 1. The zero-order valence-electron chi connectivity index (χ0n) is 10.4. The van der Waals surface area contributed by atoms with E-state index in [-0.39, 0.29) is 17.3 Å². The van der Waals surface area contributed by atoms with Crippen molar-refractivity contribution in [2.24, 2.45) is 0 Å². The highest BCUT2D eigenvalue weighted by molar-refractivity contribution is 9.11. The fraction of sp³-hybridized carbons (Fsp3) is 0.333. The molecule has 1 heterocycles. The highest BCUT2D eigenvalue weighted by Gasteiger charge is 2.21. The number of carboxylic acids is 1. The topological polar surface area (TPSA) is 69.6 Å². The lowest BCUT2D eigenvalue weighted by atomic mass is 10.2. The molecule has 0 aliphatic carbocycles. The van der Waals surface area contributed by atoms with Crippen molar-refractivity contribution in [3.63, 3.8) is 0 Å². The maximum absolute atomic E-state index is 12.2. The summed E-state index contributed by atoms with van der Waals surface area (Å²) in [4.78, 5) is 25.1. The second kappa shape index (κ2) is 6.82. The number of carboxylic acid groups (broad SMARTS) is 1.